The second-order valence-electron chi connectivity index (χ2n) is 3.87. The number of carbonyl (C=O) groups excluding carboxylic acids is 1. The molecule has 0 aliphatic carbocycles. The number of nitrogens with one attached hydrogen (secondary N) is 1. The van der Waals surface area contributed by atoms with Gasteiger partial charge in [-0.1, -0.05) is 6.07 Å². The van der Waals surface area contributed by atoms with Crippen molar-refractivity contribution < 1.29 is 4.79 Å². The van der Waals surface area contributed by atoms with Gasteiger partial charge in [0, 0.05) is 19.7 Å². The van der Waals surface area contributed by atoms with E-state index in [9.17, 15) is 4.79 Å². The Bertz CT molecular complexity index is 335. The Balaban J connectivity index is 1.94. The van der Waals surface area contributed by atoms with Crippen molar-refractivity contribution in [3.63, 3.8) is 0 Å². The fourth-order valence-electron chi connectivity index (χ4n) is 1.56. The first-order chi connectivity index (χ1) is 7.27. The minimum absolute atomic E-state index is 0.139. The van der Waals surface area contributed by atoms with Gasteiger partial charge in [0.05, 0.1) is 0 Å². The van der Waals surface area contributed by atoms with E-state index in [1.165, 1.54) is 0 Å². The minimum Gasteiger partial charge on any atom is -0.316 e. The highest BCUT2D eigenvalue weighted by atomic mass is 16.2. The summed E-state index contributed by atoms with van der Waals surface area (Å²) in [6.07, 6.45) is 2.31. The molecule has 0 spiro atoms. The molecule has 2 rings (SSSR count). The molecule has 80 valence electrons. The Morgan fingerprint density at radius 3 is 2.93 bits per heavy atom. The standard InChI is InChI=1S/C11H15N3O/c1-14(10-4-2-3-5-13-10)11(15)6-9-7-12-8-9/h2-5,9,12H,6-8H2,1H3. The van der Waals surface area contributed by atoms with Crippen molar-refractivity contribution >= 4 is 11.7 Å². The Morgan fingerprint density at radius 2 is 2.40 bits per heavy atom. The summed E-state index contributed by atoms with van der Waals surface area (Å²) in [6.45, 7) is 1.92. The molecule has 4 heteroatoms. The van der Waals surface area contributed by atoms with E-state index in [4.69, 9.17) is 0 Å². The van der Waals surface area contributed by atoms with Crippen LogP contribution in [0.5, 0.6) is 0 Å². The van der Waals surface area contributed by atoms with E-state index in [2.05, 4.69) is 10.3 Å². The molecule has 4 nitrogen and oxygen atoms in total. The van der Waals surface area contributed by atoms with Crippen LogP contribution in [0.1, 0.15) is 6.42 Å². The first-order valence-electron chi connectivity index (χ1n) is 5.15. The van der Waals surface area contributed by atoms with Crippen LogP contribution in [0.25, 0.3) is 0 Å². The van der Waals surface area contributed by atoms with Crippen molar-refractivity contribution in [3.8, 4) is 0 Å². The number of nitrogens with zero attached hydrogens (tertiary/aromatic N) is 2. The first kappa shape index (κ1) is 10.1. The Labute approximate surface area is 89.3 Å². The third-order valence-electron chi connectivity index (χ3n) is 2.70. The normalized spacial score (nSPS) is 15.8. The van der Waals surface area contributed by atoms with E-state index in [1.54, 1.807) is 18.1 Å². The predicted octanol–water partition coefficient (Wildman–Crippen LogP) is 0.654. The molecule has 15 heavy (non-hydrogen) atoms. The lowest BCUT2D eigenvalue weighted by atomic mass is 9.99. The number of anilines is 1. The molecule has 2 heterocycles. The number of amides is 1. The highest BCUT2D eigenvalue weighted by Crippen LogP contribution is 2.13. The van der Waals surface area contributed by atoms with Gasteiger partial charge in [-0.3, -0.25) is 9.69 Å². The number of hydrogen-bond donors (Lipinski definition) is 1. The molecular formula is C11H15N3O. The molecule has 1 aliphatic rings. The van der Waals surface area contributed by atoms with Crippen molar-refractivity contribution in [3.05, 3.63) is 24.4 Å². The van der Waals surface area contributed by atoms with Crippen molar-refractivity contribution in [2.45, 2.75) is 6.42 Å². The van der Waals surface area contributed by atoms with E-state index >= 15 is 0 Å². The van der Waals surface area contributed by atoms with Crippen molar-refractivity contribution in [1.82, 2.24) is 10.3 Å². The molecule has 1 aromatic rings. The number of aromatic nitrogens is 1. The smallest absolute Gasteiger partial charge is 0.228 e. The molecule has 1 amide bonds. The van der Waals surface area contributed by atoms with E-state index < -0.39 is 0 Å². The molecule has 0 radical (unpaired) electrons. The second kappa shape index (κ2) is 4.40. The maximum atomic E-state index is 11.8. The summed E-state index contributed by atoms with van der Waals surface area (Å²) in [6, 6.07) is 5.58. The van der Waals surface area contributed by atoms with Crippen LogP contribution in [0.4, 0.5) is 5.82 Å². The van der Waals surface area contributed by atoms with Crippen LogP contribution in [0.3, 0.4) is 0 Å². The summed E-state index contributed by atoms with van der Waals surface area (Å²) in [5.41, 5.74) is 0. The molecular weight excluding hydrogens is 190 g/mol. The number of pyridine rings is 1. The van der Waals surface area contributed by atoms with Gasteiger partial charge < -0.3 is 5.32 Å². The van der Waals surface area contributed by atoms with Crippen LogP contribution in [0.15, 0.2) is 24.4 Å². The SMILES string of the molecule is CN(C(=O)CC1CNC1)c1ccccn1. The minimum atomic E-state index is 0.139. The van der Waals surface area contributed by atoms with Gasteiger partial charge in [0.2, 0.25) is 5.91 Å². The third-order valence-corrected chi connectivity index (χ3v) is 2.70. The van der Waals surface area contributed by atoms with Crippen molar-refractivity contribution in [2.24, 2.45) is 5.92 Å². The average Bonchev–Trinajstić information content (AvgIpc) is 2.23. The molecule has 0 unspecified atom stereocenters. The number of carbonyl (C=O) groups is 1. The van der Waals surface area contributed by atoms with Gasteiger partial charge >= 0.3 is 0 Å². The van der Waals surface area contributed by atoms with Gasteiger partial charge in [-0.05, 0) is 31.1 Å². The zero-order valence-electron chi connectivity index (χ0n) is 8.81. The quantitative estimate of drug-likeness (QED) is 0.788. The van der Waals surface area contributed by atoms with Crippen LogP contribution in [-0.2, 0) is 4.79 Å². The lowest BCUT2D eigenvalue weighted by molar-refractivity contribution is -0.119. The van der Waals surface area contributed by atoms with Crippen LogP contribution >= 0.6 is 0 Å². The summed E-state index contributed by atoms with van der Waals surface area (Å²) in [4.78, 5) is 17.6. The van der Waals surface area contributed by atoms with Crippen LogP contribution in [0.2, 0.25) is 0 Å². The zero-order chi connectivity index (χ0) is 10.7. The van der Waals surface area contributed by atoms with E-state index in [0.717, 1.165) is 18.9 Å². The molecule has 1 saturated heterocycles. The highest BCUT2D eigenvalue weighted by Gasteiger charge is 2.22. The van der Waals surface area contributed by atoms with E-state index in [-0.39, 0.29) is 5.91 Å². The first-order valence-corrected chi connectivity index (χ1v) is 5.15. The molecule has 0 saturated carbocycles. The lowest BCUT2D eigenvalue weighted by Gasteiger charge is -2.28. The molecule has 0 aromatic carbocycles. The monoisotopic (exact) mass is 205 g/mol. The zero-order valence-corrected chi connectivity index (χ0v) is 8.81. The summed E-state index contributed by atoms with van der Waals surface area (Å²) in [5, 5.41) is 3.16. The topological polar surface area (TPSA) is 45.2 Å². The fraction of sp³-hybridized carbons (Fsp3) is 0.455. The highest BCUT2D eigenvalue weighted by molar-refractivity contribution is 5.91. The Morgan fingerprint density at radius 1 is 1.60 bits per heavy atom. The van der Waals surface area contributed by atoms with Gasteiger partial charge in [-0.15, -0.1) is 0 Å². The molecule has 1 aliphatic heterocycles. The summed E-state index contributed by atoms with van der Waals surface area (Å²) < 4.78 is 0. The van der Waals surface area contributed by atoms with Gasteiger partial charge in [-0.2, -0.15) is 0 Å². The number of rotatable bonds is 3. The second-order valence-corrected chi connectivity index (χ2v) is 3.87. The summed E-state index contributed by atoms with van der Waals surface area (Å²) >= 11 is 0. The largest absolute Gasteiger partial charge is 0.316 e. The van der Waals surface area contributed by atoms with Crippen molar-refractivity contribution in [1.29, 1.82) is 0 Å². The van der Waals surface area contributed by atoms with Gasteiger partial charge in [0.25, 0.3) is 0 Å². The summed E-state index contributed by atoms with van der Waals surface area (Å²) in [5.74, 6) is 1.36. The van der Waals surface area contributed by atoms with Crippen LogP contribution < -0.4 is 10.2 Å². The molecule has 1 N–H and O–H groups in total. The maximum absolute atomic E-state index is 11.8. The molecule has 1 fully saturated rings. The molecule has 0 bridgehead atoms. The van der Waals surface area contributed by atoms with Crippen LogP contribution in [-0.4, -0.2) is 31.0 Å². The average molecular weight is 205 g/mol. The van der Waals surface area contributed by atoms with E-state index in [1.807, 2.05) is 18.2 Å². The molecule has 0 atom stereocenters. The maximum Gasteiger partial charge on any atom is 0.228 e. The van der Waals surface area contributed by atoms with Crippen LogP contribution in [0, 0.1) is 5.92 Å². The number of hydrogen-bond acceptors (Lipinski definition) is 3. The predicted molar refractivity (Wildman–Crippen MR) is 58.6 cm³/mol. The molecule has 1 aromatic heterocycles. The van der Waals surface area contributed by atoms with Gasteiger partial charge in [0.1, 0.15) is 5.82 Å². The van der Waals surface area contributed by atoms with Crippen molar-refractivity contribution in [2.75, 3.05) is 25.0 Å². The van der Waals surface area contributed by atoms with Gasteiger partial charge in [0.15, 0.2) is 0 Å². The lowest BCUT2D eigenvalue weighted by Crippen LogP contribution is -2.44. The Kier molecular flexibility index (Phi) is 2.97. The summed E-state index contributed by atoms with van der Waals surface area (Å²) in [7, 11) is 1.77. The third kappa shape index (κ3) is 2.33. The fourth-order valence-corrected chi connectivity index (χ4v) is 1.56. The Hall–Kier alpha value is -1.42. The van der Waals surface area contributed by atoms with E-state index in [0.29, 0.717) is 12.3 Å². The van der Waals surface area contributed by atoms with Gasteiger partial charge in [-0.25, -0.2) is 4.98 Å².